The van der Waals surface area contributed by atoms with Crippen LogP contribution < -0.4 is 10.1 Å². The lowest BCUT2D eigenvalue weighted by atomic mass is 9.98. The molecule has 3 rings (SSSR count). The van der Waals surface area contributed by atoms with E-state index in [0.717, 1.165) is 34.5 Å². The number of carbonyl (C=O) groups excluding carboxylic acids is 1. The molecule has 114 valence electrons. The fraction of sp³-hybridized carbons (Fsp3) is 0.333. The van der Waals surface area contributed by atoms with Gasteiger partial charge < -0.3 is 10.1 Å². The standard InChI is InChI=1S/C18H20N2O2/c1-12(2)3-6-18(21)20-14-4-5-16-15-7-8-19-10-13(15)11-22-17(16)9-14/h4-5,7-10,12H,3,6,11H2,1-2H3,(H,20,21). The zero-order valence-electron chi connectivity index (χ0n) is 12.9. The minimum Gasteiger partial charge on any atom is -0.488 e. The van der Waals surface area contributed by atoms with Crippen LogP contribution in [-0.2, 0) is 11.4 Å². The van der Waals surface area contributed by atoms with Crippen LogP contribution in [0.25, 0.3) is 11.1 Å². The average Bonchev–Trinajstić information content (AvgIpc) is 2.52. The fourth-order valence-electron chi connectivity index (χ4n) is 2.55. The molecule has 0 atom stereocenters. The van der Waals surface area contributed by atoms with Crippen LogP contribution in [0.4, 0.5) is 5.69 Å². The SMILES string of the molecule is CC(C)CCC(=O)Nc1ccc2c(c1)OCc1cnccc1-2. The number of amides is 1. The van der Waals surface area contributed by atoms with Crippen LogP contribution in [0.2, 0.25) is 0 Å². The van der Waals surface area contributed by atoms with E-state index in [-0.39, 0.29) is 5.91 Å². The van der Waals surface area contributed by atoms with Gasteiger partial charge in [0, 0.05) is 41.7 Å². The lowest BCUT2D eigenvalue weighted by molar-refractivity contribution is -0.116. The van der Waals surface area contributed by atoms with E-state index in [1.807, 2.05) is 30.5 Å². The second-order valence-electron chi connectivity index (χ2n) is 6.01. The Kier molecular flexibility index (Phi) is 4.09. The number of anilines is 1. The van der Waals surface area contributed by atoms with Gasteiger partial charge in [0.25, 0.3) is 0 Å². The van der Waals surface area contributed by atoms with E-state index >= 15 is 0 Å². The number of rotatable bonds is 4. The van der Waals surface area contributed by atoms with Gasteiger partial charge in [0.05, 0.1) is 0 Å². The number of pyridine rings is 1. The van der Waals surface area contributed by atoms with Gasteiger partial charge in [-0.2, -0.15) is 0 Å². The topological polar surface area (TPSA) is 51.2 Å². The van der Waals surface area contributed by atoms with Gasteiger partial charge in [0.1, 0.15) is 12.4 Å². The lowest BCUT2D eigenvalue weighted by Gasteiger charge is -2.21. The first kappa shape index (κ1) is 14.6. The van der Waals surface area contributed by atoms with Gasteiger partial charge in [-0.25, -0.2) is 0 Å². The molecule has 1 aromatic heterocycles. The molecule has 2 heterocycles. The minimum atomic E-state index is 0.0501. The van der Waals surface area contributed by atoms with Crippen molar-refractivity contribution in [2.75, 3.05) is 5.32 Å². The summed E-state index contributed by atoms with van der Waals surface area (Å²) in [6.07, 6.45) is 5.06. The summed E-state index contributed by atoms with van der Waals surface area (Å²) in [5.74, 6) is 1.39. The third kappa shape index (κ3) is 3.11. The number of hydrogen-bond acceptors (Lipinski definition) is 3. The van der Waals surface area contributed by atoms with Crippen molar-refractivity contribution in [1.82, 2.24) is 4.98 Å². The number of benzene rings is 1. The molecule has 4 heteroatoms. The van der Waals surface area contributed by atoms with E-state index in [4.69, 9.17) is 4.74 Å². The van der Waals surface area contributed by atoms with Gasteiger partial charge in [-0.3, -0.25) is 9.78 Å². The van der Waals surface area contributed by atoms with Crippen molar-refractivity contribution < 1.29 is 9.53 Å². The van der Waals surface area contributed by atoms with E-state index in [2.05, 4.69) is 24.1 Å². The Morgan fingerprint density at radius 3 is 3.00 bits per heavy atom. The monoisotopic (exact) mass is 296 g/mol. The van der Waals surface area contributed by atoms with Gasteiger partial charge in [-0.15, -0.1) is 0 Å². The molecule has 0 fully saturated rings. The summed E-state index contributed by atoms with van der Waals surface area (Å²) in [6, 6.07) is 7.81. The van der Waals surface area contributed by atoms with Crippen LogP contribution in [0, 0.1) is 5.92 Å². The van der Waals surface area contributed by atoms with Gasteiger partial charge >= 0.3 is 0 Å². The van der Waals surface area contributed by atoms with Crippen LogP contribution in [-0.4, -0.2) is 10.9 Å². The zero-order valence-corrected chi connectivity index (χ0v) is 12.9. The van der Waals surface area contributed by atoms with Crippen molar-refractivity contribution >= 4 is 11.6 Å². The molecular weight excluding hydrogens is 276 g/mol. The quantitative estimate of drug-likeness (QED) is 0.927. The molecule has 2 aromatic rings. The van der Waals surface area contributed by atoms with E-state index in [1.165, 1.54) is 0 Å². The molecule has 1 N–H and O–H groups in total. The maximum absolute atomic E-state index is 11.9. The van der Waals surface area contributed by atoms with Crippen LogP contribution in [0.5, 0.6) is 5.75 Å². The summed E-state index contributed by atoms with van der Waals surface area (Å²) in [7, 11) is 0. The summed E-state index contributed by atoms with van der Waals surface area (Å²) in [6.45, 7) is 4.75. The molecule has 1 aliphatic heterocycles. The van der Waals surface area contributed by atoms with Gasteiger partial charge in [0.2, 0.25) is 5.91 Å². The molecule has 0 radical (unpaired) electrons. The van der Waals surface area contributed by atoms with E-state index in [1.54, 1.807) is 6.20 Å². The number of nitrogens with zero attached hydrogens (tertiary/aromatic N) is 1. The first-order valence-corrected chi connectivity index (χ1v) is 7.63. The largest absolute Gasteiger partial charge is 0.488 e. The maximum atomic E-state index is 11.9. The summed E-state index contributed by atoms with van der Waals surface area (Å²) < 4.78 is 5.78. The summed E-state index contributed by atoms with van der Waals surface area (Å²) >= 11 is 0. The number of ether oxygens (including phenoxy) is 1. The summed E-state index contributed by atoms with van der Waals surface area (Å²) in [5, 5.41) is 2.94. The molecule has 0 saturated heterocycles. The smallest absolute Gasteiger partial charge is 0.224 e. The maximum Gasteiger partial charge on any atom is 0.224 e. The lowest BCUT2D eigenvalue weighted by Crippen LogP contribution is -2.13. The molecule has 0 aliphatic carbocycles. The second-order valence-corrected chi connectivity index (χ2v) is 6.01. The molecule has 4 nitrogen and oxygen atoms in total. The third-order valence-electron chi connectivity index (χ3n) is 3.79. The van der Waals surface area contributed by atoms with Crippen molar-refractivity contribution in [3.05, 3.63) is 42.2 Å². The number of nitrogens with one attached hydrogen (secondary N) is 1. The number of aromatic nitrogens is 1. The van der Waals surface area contributed by atoms with Crippen LogP contribution in [0.1, 0.15) is 32.3 Å². The minimum absolute atomic E-state index is 0.0501. The first-order chi connectivity index (χ1) is 10.6. The van der Waals surface area contributed by atoms with Crippen LogP contribution in [0.15, 0.2) is 36.7 Å². The molecule has 0 spiro atoms. The Bertz CT molecular complexity index is 695. The zero-order chi connectivity index (χ0) is 15.5. The number of carbonyl (C=O) groups is 1. The van der Waals surface area contributed by atoms with Crippen LogP contribution in [0.3, 0.4) is 0 Å². The predicted octanol–water partition coefficient (Wildman–Crippen LogP) is 4.02. The molecular formula is C18H20N2O2. The molecule has 22 heavy (non-hydrogen) atoms. The van der Waals surface area contributed by atoms with Crippen molar-refractivity contribution in [1.29, 1.82) is 0 Å². The van der Waals surface area contributed by atoms with Crippen LogP contribution >= 0.6 is 0 Å². The predicted molar refractivity (Wildman–Crippen MR) is 86.7 cm³/mol. The Hall–Kier alpha value is -2.36. The second kappa shape index (κ2) is 6.18. The van der Waals surface area contributed by atoms with E-state index in [9.17, 15) is 4.79 Å². The molecule has 0 unspecified atom stereocenters. The Balaban J connectivity index is 1.77. The highest BCUT2D eigenvalue weighted by Crippen LogP contribution is 2.38. The third-order valence-corrected chi connectivity index (χ3v) is 3.79. The Morgan fingerprint density at radius 2 is 2.18 bits per heavy atom. The van der Waals surface area contributed by atoms with E-state index < -0.39 is 0 Å². The number of hydrogen-bond donors (Lipinski definition) is 1. The molecule has 0 saturated carbocycles. The molecule has 0 bridgehead atoms. The molecule has 1 aromatic carbocycles. The Labute approximate surface area is 130 Å². The number of fused-ring (bicyclic) bond motifs is 3. The summed E-state index contributed by atoms with van der Waals surface area (Å²) in [4.78, 5) is 16.0. The van der Waals surface area contributed by atoms with Gasteiger partial charge in [0.15, 0.2) is 0 Å². The van der Waals surface area contributed by atoms with Gasteiger partial charge in [-0.1, -0.05) is 13.8 Å². The normalized spacial score (nSPS) is 12.3. The average molecular weight is 296 g/mol. The van der Waals surface area contributed by atoms with Crippen molar-refractivity contribution in [3.63, 3.8) is 0 Å². The Morgan fingerprint density at radius 1 is 1.32 bits per heavy atom. The van der Waals surface area contributed by atoms with Crippen molar-refractivity contribution in [2.24, 2.45) is 5.92 Å². The summed E-state index contributed by atoms with van der Waals surface area (Å²) in [5.41, 5.74) is 4.06. The highest BCUT2D eigenvalue weighted by Gasteiger charge is 2.17. The van der Waals surface area contributed by atoms with E-state index in [0.29, 0.717) is 18.9 Å². The highest BCUT2D eigenvalue weighted by molar-refractivity contribution is 5.91. The highest BCUT2D eigenvalue weighted by atomic mass is 16.5. The van der Waals surface area contributed by atoms with Gasteiger partial charge in [-0.05, 0) is 36.1 Å². The first-order valence-electron chi connectivity index (χ1n) is 7.63. The molecule has 1 amide bonds. The van der Waals surface area contributed by atoms with Crippen molar-refractivity contribution in [2.45, 2.75) is 33.3 Å². The van der Waals surface area contributed by atoms with Crippen molar-refractivity contribution in [3.8, 4) is 16.9 Å². The molecule has 1 aliphatic rings. The fourth-order valence-corrected chi connectivity index (χ4v) is 2.55.